The molecule has 11 heteroatoms. The number of nitrogen functional groups attached to an aromatic ring is 1. The molecule has 1 aliphatic rings. The lowest BCUT2D eigenvalue weighted by Gasteiger charge is -2.32. The van der Waals surface area contributed by atoms with Crippen LogP contribution in [0.25, 0.3) is 0 Å². The van der Waals surface area contributed by atoms with Crippen LogP contribution in [0.4, 0.5) is 30.2 Å². The van der Waals surface area contributed by atoms with Gasteiger partial charge in [-0.1, -0.05) is 0 Å². The second-order valence-corrected chi connectivity index (χ2v) is 8.62. The highest BCUT2D eigenvalue weighted by Gasteiger charge is 2.37. The van der Waals surface area contributed by atoms with Crippen LogP contribution < -0.4 is 16.0 Å². The number of hydrogen-bond donors (Lipinski definition) is 2. The normalized spacial score (nSPS) is 16.9. The highest BCUT2D eigenvalue weighted by Crippen LogP contribution is 2.53. The lowest BCUT2D eigenvalue weighted by atomic mass is 10.1. The van der Waals surface area contributed by atoms with Crippen molar-refractivity contribution in [1.29, 1.82) is 0 Å². The molecule has 3 N–H and O–H groups in total. The van der Waals surface area contributed by atoms with Gasteiger partial charge in [-0.25, -0.2) is 0 Å². The van der Waals surface area contributed by atoms with Gasteiger partial charge in [0, 0.05) is 13.1 Å². The molecule has 28 heavy (non-hydrogen) atoms. The van der Waals surface area contributed by atoms with E-state index in [0.717, 1.165) is 6.07 Å². The molecule has 0 spiro atoms. The molecule has 0 bridgehead atoms. The minimum absolute atomic E-state index is 0.00218. The van der Waals surface area contributed by atoms with Crippen LogP contribution in [0.15, 0.2) is 12.1 Å². The quantitative estimate of drug-likeness (QED) is 0.478. The van der Waals surface area contributed by atoms with Gasteiger partial charge in [0.25, 0.3) is 0 Å². The molecule has 0 aromatic heterocycles. The van der Waals surface area contributed by atoms with Crippen molar-refractivity contribution in [2.24, 2.45) is 0 Å². The minimum Gasteiger partial charge on any atom is -0.397 e. The Hall–Kier alpha value is -1.48. The fourth-order valence-electron chi connectivity index (χ4n) is 2.95. The topological polar surface area (TPSA) is 86.0 Å². The molecule has 1 unspecified atom stereocenters. The summed E-state index contributed by atoms with van der Waals surface area (Å²) < 4.78 is 69.3. The Kier molecular flexibility index (Phi) is 7.61. The maximum atomic E-state index is 13.5. The number of ether oxygens (including phenoxy) is 1. The van der Waals surface area contributed by atoms with Gasteiger partial charge >= 0.3 is 13.8 Å². The number of nitrogens with one attached hydrogen (secondary N) is 1. The average Bonchev–Trinajstić information content (AvgIpc) is 2.63. The van der Waals surface area contributed by atoms with Crippen LogP contribution in [-0.4, -0.2) is 45.3 Å². The molecule has 7 nitrogen and oxygen atoms in total. The summed E-state index contributed by atoms with van der Waals surface area (Å²) in [7, 11) is -3.51. The van der Waals surface area contributed by atoms with E-state index in [2.05, 4.69) is 5.32 Å². The fourth-order valence-corrected chi connectivity index (χ4v) is 4.49. The lowest BCUT2D eigenvalue weighted by molar-refractivity contribution is -0.137. The average molecular weight is 425 g/mol. The molecule has 160 valence electrons. The third-order valence-corrected chi connectivity index (χ3v) is 6.60. The SMILES string of the molecule is CCOP(=O)(OCC)C(C)Nc1cc(N2CCOCC2)c(C(F)(F)F)cc1N. The third-order valence-electron chi connectivity index (χ3n) is 4.28. The van der Waals surface area contributed by atoms with Crippen molar-refractivity contribution >= 4 is 24.7 Å². The van der Waals surface area contributed by atoms with Gasteiger partial charge < -0.3 is 29.7 Å². The molecule has 1 aromatic rings. The summed E-state index contributed by atoms with van der Waals surface area (Å²) in [5.74, 6) is -0.802. The fraction of sp³-hybridized carbons (Fsp3) is 0.647. The molecule has 0 aliphatic carbocycles. The van der Waals surface area contributed by atoms with Gasteiger partial charge in [-0.15, -0.1) is 0 Å². The number of rotatable bonds is 8. The van der Waals surface area contributed by atoms with E-state index in [-0.39, 0.29) is 30.3 Å². The molecule has 1 heterocycles. The van der Waals surface area contributed by atoms with E-state index in [9.17, 15) is 17.7 Å². The maximum absolute atomic E-state index is 13.5. The number of morpholine rings is 1. The van der Waals surface area contributed by atoms with Gasteiger partial charge in [0.15, 0.2) is 0 Å². The van der Waals surface area contributed by atoms with E-state index in [0.29, 0.717) is 26.3 Å². The number of nitrogens with two attached hydrogens (primary N) is 1. The summed E-state index contributed by atoms with van der Waals surface area (Å²) in [5, 5.41) is 2.92. The first-order valence-electron chi connectivity index (χ1n) is 9.11. The van der Waals surface area contributed by atoms with Crippen molar-refractivity contribution < 1.29 is 31.5 Å². The van der Waals surface area contributed by atoms with E-state index >= 15 is 0 Å². The molecule has 1 aromatic carbocycles. The zero-order valence-electron chi connectivity index (χ0n) is 16.2. The zero-order chi connectivity index (χ0) is 20.9. The Morgan fingerprint density at radius 2 is 1.82 bits per heavy atom. The van der Waals surface area contributed by atoms with Gasteiger partial charge in [-0.05, 0) is 32.9 Å². The maximum Gasteiger partial charge on any atom is 0.418 e. The second kappa shape index (κ2) is 9.35. The number of hydrogen-bond acceptors (Lipinski definition) is 7. The van der Waals surface area contributed by atoms with Crippen LogP contribution in [0.5, 0.6) is 0 Å². The van der Waals surface area contributed by atoms with Crippen LogP contribution in [0, 0.1) is 0 Å². The van der Waals surface area contributed by atoms with Crippen molar-refractivity contribution in [2.75, 3.05) is 55.5 Å². The summed E-state index contributed by atoms with van der Waals surface area (Å²) >= 11 is 0. The summed E-state index contributed by atoms with van der Waals surface area (Å²) in [5.41, 5.74) is 5.20. The molecule has 0 radical (unpaired) electrons. The monoisotopic (exact) mass is 425 g/mol. The van der Waals surface area contributed by atoms with Crippen molar-refractivity contribution in [3.8, 4) is 0 Å². The zero-order valence-corrected chi connectivity index (χ0v) is 17.1. The van der Waals surface area contributed by atoms with Crippen LogP contribution in [0.3, 0.4) is 0 Å². The Morgan fingerprint density at radius 3 is 2.32 bits per heavy atom. The van der Waals surface area contributed by atoms with E-state index < -0.39 is 25.1 Å². The van der Waals surface area contributed by atoms with Gasteiger partial charge in [-0.2, -0.15) is 13.2 Å². The Morgan fingerprint density at radius 1 is 1.25 bits per heavy atom. The molecule has 1 aliphatic heterocycles. The third kappa shape index (κ3) is 5.31. The van der Waals surface area contributed by atoms with Gasteiger partial charge in [0.1, 0.15) is 5.78 Å². The number of alkyl halides is 3. The number of anilines is 3. The first-order valence-corrected chi connectivity index (χ1v) is 10.7. The summed E-state index contributed by atoms with van der Waals surface area (Å²) in [4.78, 5) is 1.60. The van der Waals surface area contributed by atoms with Crippen LogP contribution in [-0.2, 0) is 24.5 Å². The molecule has 1 saturated heterocycles. The van der Waals surface area contributed by atoms with Crippen LogP contribution in [0.2, 0.25) is 0 Å². The first-order chi connectivity index (χ1) is 13.1. The number of halogens is 3. The minimum atomic E-state index is -4.56. The van der Waals surface area contributed by atoms with E-state index in [1.165, 1.54) is 6.07 Å². The highest BCUT2D eigenvalue weighted by molar-refractivity contribution is 7.54. The number of nitrogens with zero attached hydrogens (tertiary/aromatic N) is 1. The van der Waals surface area contributed by atoms with E-state index in [1.54, 1.807) is 25.7 Å². The highest BCUT2D eigenvalue weighted by atomic mass is 31.2. The van der Waals surface area contributed by atoms with Crippen molar-refractivity contribution in [1.82, 2.24) is 0 Å². The largest absolute Gasteiger partial charge is 0.418 e. The summed E-state index contributed by atoms with van der Waals surface area (Å²) in [6.45, 7) is 6.63. The standard InChI is InChI=1S/C17H27F3N3O4P/c1-4-26-28(24,27-5-2)12(3)22-15-11-16(23-6-8-25-9-7-23)13(10-14(15)21)17(18,19)20/h10-12,22H,4-9,21H2,1-3H3. The first kappa shape index (κ1) is 22.8. The summed E-state index contributed by atoms with van der Waals surface area (Å²) in [6.07, 6.45) is -4.56. The molecule has 0 amide bonds. The van der Waals surface area contributed by atoms with Crippen LogP contribution in [0.1, 0.15) is 26.3 Å². The van der Waals surface area contributed by atoms with Crippen molar-refractivity contribution in [3.63, 3.8) is 0 Å². The van der Waals surface area contributed by atoms with Gasteiger partial charge in [0.05, 0.1) is 49.1 Å². The van der Waals surface area contributed by atoms with Gasteiger partial charge in [0.2, 0.25) is 0 Å². The summed E-state index contributed by atoms with van der Waals surface area (Å²) in [6, 6.07) is 2.23. The smallest absolute Gasteiger partial charge is 0.397 e. The Labute approximate surface area is 162 Å². The molecular weight excluding hydrogens is 398 g/mol. The van der Waals surface area contributed by atoms with Crippen molar-refractivity contribution in [2.45, 2.75) is 32.7 Å². The predicted octanol–water partition coefficient (Wildman–Crippen LogP) is 4.15. The van der Waals surface area contributed by atoms with Gasteiger partial charge in [-0.3, -0.25) is 4.57 Å². The molecule has 0 saturated carbocycles. The Bertz CT molecular complexity index is 702. The van der Waals surface area contributed by atoms with Crippen molar-refractivity contribution in [3.05, 3.63) is 17.7 Å². The molecular formula is C17H27F3N3O4P. The lowest BCUT2D eigenvalue weighted by Crippen LogP contribution is -2.37. The molecule has 1 fully saturated rings. The Balaban J connectivity index is 2.40. The second-order valence-electron chi connectivity index (χ2n) is 6.25. The molecule has 1 atom stereocenters. The number of benzene rings is 1. The predicted molar refractivity (Wildman–Crippen MR) is 103 cm³/mol. The van der Waals surface area contributed by atoms with E-state index in [1.807, 2.05) is 0 Å². The van der Waals surface area contributed by atoms with Crippen LogP contribution >= 0.6 is 7.60 Å². The molecule has 2 rings (SSSR count). The van der Waals surface area contributed by atoms with E-state index in [4.69, 9.17) is 19.5 Å².